The van der Waals surface area contributed by atoms with E-state index in [4.69, 9.17) is 5.73 Å². The normalized spacial score (nSPS) is 15.2. The molecule has 1 aliphatic rings. The van der Waals surface area contributed by atoms with Crippen LogP contribution in [0.25, 0.3) is 11.1 Å². The number of hydrogen-bond donors (Lipinski definition) is 1. The van der Waals surface area contributed by atoms with Crippen molar-refractivity contribution in [3.8, 4) is 11.1 Å². The Morgan fingerprint density at radius 1 is 0.960 bits per heavy atom. The number of carbonyl (C=O) groups is 1. The molecule has 0 unspecified atom stereocenters. The van der Waals surface area contributed by atoms with Gasteiger partial charge in [0.1, 0.15) is 0 Å². The summed E-state index contributed by atoms with van der Waals surface area (Å²) in [7, 11) is 0. The molecule has 1 saturated heterocycles. The lowest BCUT2D eigenvalue weighted by Gasteiger charge is -2.31. The van der Waals surface area contributed by atoms with Gasteiger partial charge in [-0.05, 0) is 49.1 Å². The fourth-order valence-corrected chi connectivity index (χ4v) is 3.27. The highest BCUT2D eigenvalue weighted by molar-refractivity contribution is 6.01. The first-order valence-corrected chi connectivity index (χ1v) is 8.23. The number of carbonyl (C=O) groups excluding carboxylic acids is 1. The van der Waals surface area contributed by atoms with Crippen molar-refractivity contribution in [3.63, 3.8) is 0 Å². The molecule has 1 amide bonds. The molecule has 1 fully saturated rings. The number of nitrogens with two attached hydrogens (primary N) is 1. The number of benzene rings is 2. The van der Waals surface area contributed by atoms with E-state index in [0.717, 1.165) is 44.5 Å². The number of primary amides is 1. The first-order chi connectivity index (χ1) is 11.9. The SMILES string of the molecule is NC(=O)c1ccccc1-c1cc(C(F)(F)F)ccc1N1CCCCC1. The predicted molar refractivity (Wildman–Crippen MR) is 91.5 cm³/mol. The van der Waals surface area contributed by atoms with Gasteiger partial charge in [-0.3, -0.25) is 4.79 Å². The van der Waals surface area contributed by atoms with E-state index < -0.39 is 17.6 Å². The Kier molecular flexibility index (Phi) is 4.70. The summed E-state index contributed by atoms with van der Waals surface area (Å²) in [5, 5.41) is 0. The minimum absolute atomic E-state index is 0.222. The molecule has 6 heteroatoms. The highest BCUT2D eigenvalue weighted by Gasteiger charge is 2.32. The summed E-state index contributed by atoms with van der Waals surface area (Å²) >= 11 is 0. The lowest BCUT2D eigenvalue weighted by Crippen LogP contribution is -2.30. The highest BCUT2D eigenvalue weighted by atomic mass is 19.4. The average molecular weight is 348 g/mol. The highest BCUT2D eigenvalue weighted by Crippen LogP contribution is 2.39. The van der Waals surface area contributed by atoms with Gasteiger partial charge in [-0.1, -0.05) is 18.2 Å². The van der Waals surface area contributed by atoms with E-state index in [2.05, 4.69) is 4.90 Å². The van der Waals surface area contributed by atoms with Gasteiger partial charge in [0.25, 0.3) is 0 Å². The van der Waals surface area contributed by atoms with Crippen molar-refractivity contribution in [2.24, 2.45) is 5.73 Å². The van der Waals surface area contributed by atoms with Gasteiger partial charge in [0.2, 0.25) is 5.91 Å². The molecule has 0 aromatic heterocycles. The molecule has 3 nitrogen and oxygen atoms in total. The van der Waals surface area contributed by atoms with Crippen molar-refractivity contribution in [2.75, 3.05) is 18.0 Å². The summed E-state index contributed by atoms with van der Waals surface area (Å²) in [6, 6.07) is 10.2. The van der Waals surface area contributed by atoms with Crippen molar-refractivity contribution in [1.82, 2.24) is 0 Å². The van der Waals surface area contributed by atoms with Crippen LogP contribution >= 0.6 is 0 Å². The fourth-order valence-electron chi connectivity index (χ4n) is 3.27. The molecule has 2 aromatic rings. The van der Waals surface area contributed by atoms with Gasteiger partial charge >= 0.3 is 6.18 Å². The van der Waals surface area contributed by atoms with E-state index in [9.17, 15) is 18.0 Å². The van der Waals surface area contributed by atoms with Gasteiger partial charge < -0.3 is 10.6 Å². The number of piperidine rings is 1. The Hall–Kier alpha value is -2.50. The first kappa shape index (κ1) is 17.3. The van der Waals surface area contributed by atoms with Crippen molar-refractivity contribution in [3.05, 3.63) is 53.6 Å². The van der Waals surface area contributed by atoms with E-state index in [1.807, 2.05) is 0 Å². The lowest BCUT2D eigenvalue weighted by molar-refractivity contribution is -0.137. The number of alkyl halides is 3. The molecule has 25 heavy (non-hydrogen) atoms. The van der Waals surface area contributed by atoms with Gasteiger partial charge in [0, 0.05) is 29.9 Å². The van der Waals surface area contributed by atoms with Crippen LogP contribution in [0.5, 0.6) is 0 Å². The number of hydrogen-bond acceptors (Lipinski definition) is 2. The van der Waals surface area contributed by atoms with Gasteiger partial charge in [-0.2, -0.15) is 13.2 Å². The van der Waals surface area contributed by atoms with E-state index in [1.165, 1.54) is 12.1 Å². The summed E-state index contributed by atoms with van der Waals surface area (Å²) in [6.07, 6.45) is -1.34. The minimum Gasteiger partial charge on any atom is -0.371 e. The average Bonchev–Trinajstić information content (AvgIpc) is 2.61. The van der Waals surface area contributed by atoms with Gasteiger partial charge in [-0.15, -0.1) is 0 Å². The standard InChI is InChI=1S/C19H19F3N2O/c20-19(21,22)13-8-9-17(24-10-4-1-5-11-24)16(12-13)14-6-2-3-7-15(14)18(23)25/h2-3,6-9,12H,1,4-5,10-11H2,(H2,23,25). The van der Waals surface area contributed by atoms with E-state index in [-0.39, 0.29) is 5.56 Å². The van der Waals surface area contributed by atoms with Crippen LogP contribution in [0.4, 0.5) is 18.9 Å². The van der Waals surface area contributed by atoms with Crippen LogP contribution in [0.3, 0.4) is 0 Å². The summed E-state index contributed by atoms with van der Waals surface area (Å²) in [5.74, 6) is -0.655. The first-order valence-electron chi connectivity index (χ1n) is 8.23. The zero-order chi connectivity index (χ0) is 18.0. The number of nitrogens with zero attached hydrogens (tertiary/aromatic N) is 1. The molecule has 1 heterocycles. The van der Waals surface area contributed by atoms with Crippen molar-refractivity contribution in [1.29, 1.82) is 0 Å². The molecule has 3 rings (SSSR count). The Morgan fingerprint density at radius 2 is 1.64 bits per heavy atom. The predicted octanol–water partition coefficient (Wildman–Crippen LogP) is 4.46. The quantitative estimate of drug-likeness (QED) is 0.890. The molecule has 0 aliphatic carbocycles. The Morgan fingerprint density at radius 3 is 2.28 bits per heavy atom. The Labute approximate surface area is 144 Å². The van der Waals surface area contributed by atoms with Crippen molar-refractivity contribution in [2.45, 2.75) is 25.4 Å². The van der Waals surface area contributed by atoms with Gasteiger partial charge in [0.05, 0.1) is 5.56 Å². The van der Waals surface area contributed by atoms with Crippen LogP contribution in [-0.2, 0) is 6.18 Å². The maximum Gasteiger partial charge on any atom is 0.416 e. The van der Waals surface area contributed by atoms with E-state index in [1.54, 1.807) is 18.2 Å². The third-order valence-corrected chi connectivity index (χ3v) is 4.50. The second-order valence-electron chi connectivity index (χ2n) is 6.19. The summed E-state index contributed by atoms with van der Waals surface area (Å²) in [5.41, 5.74) is 6.45. The van der Waals surface area contributed by atoms with Crippen LogP contribution in [0.15, 0.2) is 42.5 Å². The van der Waals surface area contributed by atoms with Crippen LogP contribution in [0, 0.1) is 0 Å². The molecule has 0 radical (unpaired) electrons. The van der Waals surface area contributed by atoms with Gasteiger partial charge in [0.15, 0.2) is 0 Å². The summed E-state index contributed by atoms with van der Waals surface area (Å²) in [4.78, 5) is 13.8. The summed E-state index contributed by atoms with van der Waals surface area (Å²) < 4.78 is 39.6. The Bertz CT molecular complexity index is 780. The molecule has 1 aliphatic heterocycles. The Balaban J connectivity index is 2.19. The maximum atomic E-state index is 13.2. The molecule has 2 aromatic carbocycles. The number of amides is 1. The molecule has 2 N–H and O–H groups in total. The molecule has 0 atom stereocenters. The van der Waals surface area contributed by atoms with Crippen LogP contribution in [-0.4, -0.2) is 19.0 Å². The van der Waals surface area contributed by atoms with Crippen molar-refractivity contribution >= 4 is 11.6 Å². The van der Waals surface area contributed by atoms with E-state index in [0.29, 0.717) is 16.8 Å². The van der Waals surface area contributed by atoms with Crippen LogP contribution < -0.4 is 10.6 Å². The number of rotatable bonds is 3. The maximum absolute atomic E-state index is 13.2. The zero-order valence-electron chi connectivity index (χ0n) is 13.6. The summed E-state index contributed by atoms with van der Waals surface area (Å²) in [6.45, 7) is 1.58. The lowest BCUT2D eigenvalue weighted by atomic mass is 9.94. The number of anilines is 1. The van der Waals surface area contributed by atoms with Crippen LogP contribution in [0.2, 0.25) is 0 Å². The minimum atomic E-state index is -4.45. The largest absolute Gasteiger partial charge is 0.416 e. The smallest absolute Gasteiger partial charge is 0.371 e. The second kappa shape index (κ2) is 6.78. The fraction of sp³-hybridized carbons (Fsp3) is 0.316. The topological polar surface area (TPSA) is 46.3 Å². The van der Waals surface area contributed by atoms with Crippen LogP contribution in [0.1, 0.15) is 35.2 Å². The third kappa shape index (κ3) is 3.62. The molecule has 0 bridgehead atoms. The van der Waals surface area contributed by atoms with Gasteiger partial charge in [-0.25, -0.2) is 0 Å². The third-order valence-electron chi connectivity index (χ3n) is 4.50. The second-order valence-corrected chi connectivity index (χ2v) is 6.19. The van der Waals surface area contributed by atoms with Crippen molar-refractivity contribution < 1.29 is 18.0 Å². The molecule has 132 valence electrons. The monoisotopic (exact) mass is 348 g/mol. The van der Waals surface area contributed by atoms with E-state index >= 15 is 0 Å². The number of halogens is 3. The molecule has 0 saturated carbocycles. The zero-order valence-corrected chi connectivity index (χ0v) is 13.6. The molecular weight excluding hydrogens is 329 g/mol. The molecule has 0 spiro atoms. The molecular formula is C19H19F3N2O.